The van der Waals surface area contributed by atoms with Gasteiger partial charge in [-0.2, -0.15) is 5.10 Å². The normalized spacial score (nSPS) is 19.0. The summed E-state index contributed by atoms with van der Waals surface area (Å²) in [5.74, 6) is 0. The highest BCUT2D eigenvalue weighted by molar-refractivity contribution is 9.10. The molecule has 0 aliphatic heterocycles. The molecule has 0 bridgehead atoms. The molecule has 1 saturated carbocycles. The van der Waals surface area contributed by atoms with E-state index in [1.807, 2.05) is 17.8 Å². The van der Waals surface area contributed by atoms with E-state index in [1.54, 1.807) is 0 Å². The van der Waals surface area contributed by atoms with E-state index in [2.05, 4.69) is 21.0 Å². The number of rotatable bonds is 3. The summed E-state index contributed by atoms with van der Waals surface area (Å²) in [6, 6.07) is 2.01. The van der Waals surface area contributed by atoms with Crippen molar-refractivity contribution in [1.82, 2.24) is 9.78 Å². The molecule has 3 nitrogen and oxygen atoms in total. The molecule has 0 atom stereocenters. The number of aryl methyl sites for hydroxylation is 2. The maximum Gasteiger partial charge on any atom is 0.128 e. The van der Waals surface area contributed by atoms with Crippen LogP contribution in [0.25, 0.3) is 0 Å². The third-order valence-electron chi connectivity index (χ3n) is 2.62. The second kappa shape index (κ2) is 3.10. The second-order valence-electron chi connectivity index (χ2n) is 3.81. The van der Waals surface area contributed by atoms with Crippen molar-refractivity contribution in [3.8, 4) is 0 Å². The molecule has 0 unspecified atom stereocenters. The summed E-state index contributed by atoms with van der Waals surface area (Å²) < 4.78 is 2.73. The summed E-state index contributed by atoms with van der Waals surface area (Å²) in [4.78, 5) is 0. The maximum atomic E-state index is 9.65. The highest BCUT2D eigenvalue weighted by Crippen LogP contribution is 2.39. The minimum atomic E-state index is -0.350. The van der Waals surface area contributed by atoms with Crippen LogP contribution in [0, 0.1) is 0 Å². The number of aromatic nitrogens is 2. The van der Waals surface area contributed by atoms with Crippen LogP contribution in [-0.2, 0) is 13.5 Å². The van der Waals surface area contributed by atoms with E-state index < -0.39 is 0 Å². The Morgan fingerprint density at radius 3 is 2.85 bits per heavy atom. The molecule has 0 radical (unpaired) electrons. The highest BCUT2D eigenvalue weighted by Gasteiger charge is 2.39. The molecule has 0 spiro atoms. The first-order chi connectivity index (χ1) is 6.09. The van der Waals surface area contributed by atoms with Gasteiger partial charge < -0.3 is 5.11 Å². The van der Waals surface area contributed by atoms with E-state index in [0.717, 1.165) is 30.3 Å². The van der Waals surface area contributed by atoms with Crippen LogP contribution >= 0.6 is 15.9 Å². The average Bonchev–Trinajstić information content (AvgIpc) is 2.69. The number of halogens is 1. The largest absolute Gasteiger partial charge is 0.390 e. The van der Waals surface area contributed by atoms with Gasteiger partial charge in [0.1, 0.15) is 4.60 Å². The smallest absolute Gasteiger partial charge is 0.128 e. The van der Waals surface area contributed by atoms with Crippen molar-refractivity contribution in [2.45, 2.75) is 31.3 Å². The molecule has 1 aromatic heterocycles. The van der Waals surface area contributed by atoms with Gasteiger partial charge in [-0.1, -0.05) is 0 Å². The van der Waals surface area contributed by atoms with Gasteiger partial charge in [0.15, 0.2) is 0 Å². The Morgan fingerprint density at radius 2 is 2.38 bits per heavy atom. The molecule has 1 fully saturated rings. The summed E-state index contributed by atoms with van der Waals surface area (Å²) in [5, 5.41) is 13.8. The van der Waals surface area contributed by atoms with Crippen LogP contribution in [0.15, 0.2) is 10.7 Å². The zero-order chi connectivity index (χ0) is 9.47. The highest BCUT2D eigenvalue weighted by atomic mass is 79.9. The summed E-state index contributed by atoms with van der Waals surface area (Å²) in [6.07, 6.45) is 3.70. The number of nitrogens with zero attached hydrogens (tertiary/aromatic N) is 2. The van der Waals surface area contributed by atoms with Gasteiger partial charge in [-0.25, -0.2) is 0 Å². The van der Waals surface area contributed by atoms with Crippen LogP contribution in [0.5, 0.6) is 0 Å². The Balaban J connectivity index is 1.97. The number of hydrogen-bond acceptors (Lipinski definition) is 2. The van der Waals surface area contributed by atoms with E-state index in [4.69, 9.17) is 0 Å². The van der Waals surface area contributed by atoms with Gasteiger partial charge in [-0.3, -0.25) is 4.68 Å². The van der Waals surface area contributed by atoms with E-state index in [0.29, 0.717) is 0 Å². The predicted octanol–water partition coefficient (Wildman–Crippen LogP) is 1.64. The molecule has 1 aliphatic rings. The number of aliphatic hydroxyl groups is 1. The Morgan fingerprint density at radius 1 is 1.69 bits per heavy atom. The van der Waals surface area contributed by atoms with Crippen molar-refractivity contribution in [2.24, 2.45) is 7.05 Å². The van der Waals surface area contributed by atoms with Crippen molar-refractivity contribution in [3.05, 3.63) is 16.4 Å². The van der Waals surface area contributed by atoms with Crippen molar-refractivity contribution in [1.29, 1.82) is 0 Å². The zero-order valence-electron chi connectivity index (χ0n) is 7.63. The Hall–Kier alpha value is -0.350. The third kappa shape index (κ3) is 2.11. The fraction of sp³-hybridized carbons (Fsp3) is 0.667. The van der Waals surface area contributed by atoms with Crippen LogP contribution in [0.2, 0.25) is 0 Å². The zero-order valence-corrected chi connectivity index (χ0v) is 9.21. The lowest BCUT2D eigenvalue weighted by Gasteiger charge is -2.06. The van der Waals surface area contributed by atoms with Crippen molar-refractivity contribution < 1.29 is 5.11 Å². The summed E-state index contributed by atoms with van der Waals surface area (Å²) >= 11 is 3.32. The third-order valence-corrected chi connectivity index (χ3v) is 3.01. The lowest BCUT2D eigenvalue weighted by Crippen LogP contribution is -2.09. The molecule has 2 rings (SSSR count). The standard InChI is InChI=1S/C9H13BrN2O/c1-12-7(6-8(10)11-12)2-3-9(13)4-5-9/h6,13H,2-5H2,1H3. The lowest BCUT2D eigenvalue weighted by atomic mass is 10.1. The quantitative estimate of drug-likeness (QED) is 0.879. The summed E-state index contributed by atoms with van der Waals surface area (Å²) in [5.41, 5.74) is 0.823. The van der Waals surface area contributed by atoms with Crippen LogP contribution in [0.3, 0.4) is 0 Å². The minimum Gasteiger partial charge on any atom is -0.390 e. The van der Waals surface area contributed by atoms with Gasteiger partial charge in [0, 0.05) is 12.7 Å². The molecule has 1 heterocycles. The molecule has 1 aromatic rings. The van der Waals surface area contributed by atoms with Gasteiger partial charge in [0.2, 0.25) is 0 Å². The lowest BCUT2D eigenvalue weighted by molar-refractivity contribution is 0.140. The molecule has 13 heavy (non-hydrogen) atoms. The summed E-state index contributed by atoms with van der Waals surface area (Å²) in [6.45, 7) is 0. The SMILES string of the molecule is Cn1nc(Br)cc1CCC1(O)CC1. The van der Waals surface area contributed by atoms with Crippen LogP contribution in [0.4, 0.5) is 0 Å². The molecule has 1 N–H and O–H groups in total. The minimum absolute atomic E-state index is 0.350. The molecule has 0 amide bonds. The van der Waals surface area contributed by atoms with E-state index in [-0.39, 0.29) is 5.60 Å². The Kier molecular flexibility index (Phi) is 2.20. The average molecular weight is 245 g/mol. The van der Waals surface area contributed by atoms with Crippen molar-refractivity contribution in [3.63, 3.8) is 0 Å². The van der Waals surface area contributed by atoms with Gasteiger partial charge in [-0.05, 0) is 47.7 Å². The van der Waals surface area contributed by atoms with Crippen LogP contribution in [0.1, 0.15) is 25.0 Å². The van der Waals surface area contributed by atoms with Crippen LogP contribution in [-0.4, -0.2) is 20.5 Å². The van der Waals surface area contributed by atoms with E-state index >= 15 is 0 Å². The molecule has 1 aliphatic carbocycles. The van der Waals surface area contributed by atoms with Crippen molar-refractivity contribution >= 4 is 15.9 Å². The topological polar surface area (TPSA) is 38.0 Å². The van der Waals surface area contributed by atoms with Crippen molar-refractivity contribution in [2.75, 3.05) is 0 Å². The first kappa shape index (κ1) is 9.21. The predicted molar refractivity (Wildman–Crippen MR) is 53.4 cm³/mol. The molecular formula is C9H13BrN2O. The summed E-state index contributed by atoms with van der Waals surface area (Å²) in [7, 11) is 1.93. The fourth-order valence-electron chi connectivity index (χ4n) is 1.46. The van der Waals surface area contributed by atoms with E-state index in [1.165, 1.54) is 5.69 Å². The monoisotopic (exact) mass is 244 g/mol. The second-order valence-corrected chi connectivity index (χ2v) is 4.62. The maximum absolute atomic E-state index is 9.65. The van der Waals surface area contributed by atoms with Gasteiger partial charge in [-0.15, -0.1) is 0 Å². The Labute approximate surface area is 85.9 Å². The van der Waals surface area contributed by atoms with E-state index in [9.17, 15) is 5.11 Å². The Bertz CT molecular complexity index is 317. The first-order valence-corrected chi connectivity index (χ1v) is 5.29. The van der Waals surface area contributed by atoms with Crippen LogP contribution < -0.4 is 0 Å². The molecule has 0 saturated heterocycles. The molecular weight excluding hydrogens is 232 g/mol. The van der Waals surface area contributed by atoms with Gasteiger partial charge >= 0.3 is 0 Å². The fourth-order valence-corrected chi connectivity index (χ4v) is 1.96. The molecule has 72 valence electrons. The number of hydrogen-bond donors (Lipinski definition) is 1. The van der Waals surface area contributed by atoms with Gasteiger partial charge in [0.05, 0.1) is 5.60 Å². The molecule has 4 heteroatoms. The van der Waals surface area contributed by atoms with Gasteiger partial charge in [0.25, 0.3) is 0 Å². The first-order valence-electron chi connectivity index (χ1n) is 4.50. The molecule has 0 aromatic carbocycles.